The van der Waals surface area contributed by atoms with Gasteiger partial charge in [0.15, 0.2) is 0 Å². The molecular formula is C16H34N2O. The Hall–Kier alpha value is -0.120. The first kappa shape index (κ1) is 16.9. The molecule has 0 bridgehead atoms. The van der Waals surface area contributed by atoms with Crippen LogP contribution < -0.4 is 5.73 Å². The van der Waals surface area contributed by atoms with E-state index < -0.39 is 0 Å². The van der Waals surface area contributed by atoms with Gasteiger partial charge in [0.2, 0.25) is 0 Å². The molecule has 19 heavy (non-hydrogen) atoms. The van der Waals surface area contributed by atoms with Crippen molar-refractivity contribution in [1.29, 1.82) is 0 Å². The molecule has 1 unspecified atom stereocenters. The summed E-state index contributed by atoms with van der Waals surface area (Å²) >= 11 is 0. The molecule has 0 spiro atoms. The van der Waals surface area contributed by atoms with Gasteiger partial charge < -0.3 is 10.5 Å². The molecule has 0 aromatic rings. The van der Waals surface area contributed by atoms with Crippen LogP contribution in [-0.2, 0) is 4.74 Å². The van der Waals surface area contributed by atoms with Crippen LogP contribution in [0.15, 0.2) is 0 Å². The van der Waals surface area contributed by atoms with Gasteiger partial charge in [-0.15, -0.1) is 0 Å². The topological polar surface area (TPSA) is 38.5 Å². The second-order valence-corrected chi connectivity index (χ2v) is 6.03. The quantitative estimate of drug-likeness (QED) is 0.620. The second-order valence-electron chi connectivity index (χ2n) is 6.03. The predicted molar refractivity (Wildman–Crippen MR) is 82.4 cm³/mol. The van der Waals surface area contributed by atoms with Gasteiger partial charge in [0.25, 0.3) is 0 Å². The zero-order chi connectivity index (χ0) is 13.9. The van der Waals surface area contributed by atoms with Gasteiger partial charge in [0.1, 0.15) is 0 Å². The molecule has 0 amide bonds. The third-order valence-corrected chi connectivity index (χ3v) is 4.48. The van der Waals surface area contributed by atoms with Crippen LogP contribution in [0.5, 0.6) is 0 Å². The number of piperidine rings is 1. The monoisotopic (exact) mass is 270 g/mol. The first-order valence-corrected chi connectivity index (χ1v) is 8.24. The maximum absolute atomic E-state index is 5.97. The Morgan fingerprint density at radius 3 is 2.42 bits per heavy atom. The molecule has 2 N–H and O–H groups in total. The number of ether oxygens (including phenoxy) is 1. The third-order valence-electron chi connectivity index (χ3n) is 4.48. The average Bonchev–Trinajstić information content (AvgIpc) is 2.44. The lowest BCUT2D eigenvalue weighted by molar-refractivity contribution is 0.0783. The predicted octanol–water partition coefficient (Wildman–Crippen LogP) is 3.03. The number of nitrogens with two attached hydrogens (primary N) is 1. The lowest BCUT2D eigenvalue weighted by atomic mass is 9.95. The van der Waals surface area contributed by atoms with Gasteiger partial charge in [-0.25, -0.2) is 0 Å². The average molecular weight is 270 g/mol. The van der Waals surface area contributed by atoms with Gasteiger partial charge >= 0.3 is 0 Å². The SMILES string of the molecule is CCCCCCCC(CN)N1CCC(COC)CC1. The number of hydrogen-bond acceptors (Lipinski definition) is 3. The Morgan fingerprint density at radius 2 is 1.84 bits per heavy atom. The molecule has 1 atom stereocenters. The summed E-state index contributed by atoms with van der Waals surface area (Å²) in [5.41, 5.74) is 5.97. The summed E-state index contributed by atoms with van der Waals surface area (Å²) in [5.74, 6) is 0.768. The zero-order valence-electron chi connectivity index (χ0n) is 13.1. The van der Waals surface area contributed by atoms with E-state index in [1.807, 2.05) is 7.11 Å². The van der Waals surface area contributed by atoms with Gasteiger partial charge in [0.05, 0.1) is 0 Å². The zero-order valence-corrected chi connectivity index (χ0v) is 13.1. The molecular weight excluding hydrogens is 236 g/mol. The van der Waals surface area contributed by atoms with E-state index in [1.54, 1.807) is 0 Å². The maximum atomic E-state index is 5.97. The lowest BCUT2D eigenvalue weighted by Gasteiger charge is -2.37. The number of unbranched alkanes of at least 4 members (excludes halogenated alkanes) is 4. The van der Waals surface area contributed by atoms with Crippen molar-refractivity contribution in [2.24, 2.45) is 11.7 Å². The van der Waals surface area contributed by atoms with Gasteiger partial charge in [0, 0.05) is 26.3 Å². The van der Waals surface area contributed by atoms with E-state index in [9.17, 15) is 0 Å². The number of nitrogens with zero attached hydrogens (tertiary/aromatic N) is 1. The highest BCUT2D eigenvalue weighted by Crippen LogP contribution is 2.21. The summed E-state index contributed by atoms with van der Waals surface area (Å²) in [5, 5.41) is 0. The molecule has 1 rings (SSSR count). The molecule has 0 aliphatic carbocycles. The second kappa shape index (κ2) is 10.6. The Bertz CT molecular complexity index is 203. The summed E-state index contributed by atoms with van der Waals surface area (Å²) in [4.78, 5) is 2.62. The Kier molecular flexibility index (Phi) is 9.48. The fraction of sp³-hybridized carbons (Fsp3) is 1.00. The molecule has 1 heterocycles. The highest BCUT2D eigenvalue weighted by atomic mass is 16.5. The van der Waals surface area contributed by atoms with Crippen LogP contribution in [0.3, 0.4) is 0 Å². The number of rotatable bonds is 10. The summed E-state index contributed by atoms with van der Waals surface area (Å²) in [6.45, 7) is 6.45. The van der Waals surface area contributed by atoms with Gasteiger partial charge in [-0.05, 0) is 38.3 Å². The van der Waals surface area contributed by atoms with E-state index in [0.29, 0.717) is 6.04 Å². The van der Waals surface area contributed by atoms with Crippen molar-refractivity contribution >= 4 is 0 Å². The summed E-state index contributed by atoms with van der Waals surface area (Å²) in [7, 11) is 1.81. The van der Waals surface area contributed by atoms with E-state index in [1.165, 1.54) is 64.5 Å². The Labute approximate surface area is 119 Å². The van der Waals surface area contributed by atoms with Crippen LogP contribution in [-0.4, -0.2) is 44.3 Å². The molecule has 1 aliphatic rings. The molecule has 3 nitrogen and oxygen atoms in total. The van der Waals surface area contributed by atoms with Crippen LogP contribution >= 0.6 is 0 Å². The van der Waals surface area contributed by atoms with E-state index in [-0.39, 0.29) is 0 Å². The van der Waals surface area contributed by atoms with Crippen molar-refractivity contribution in [3.63, 3.8) is 0 Å². The first-order chi connectivity index (χ1) is 9.31. The fourth-order valence-corrected chi connectivity index (χ4v) is 3.15. The fourth-order valence-electron chi connectivity index (χ4n) is 3.15. The van der Waals surface area contributed by atoms with E-state index in [0.717, 1.165) is 19.1 Å². The van der Waals surface area contributed by atoms with Crippen LogP contribution in [0, 0.1) is 5.92 Å². The summed E-state index contributed by atoms with van der Waals surface area (Å²) in [6, 6.07) is 0.616. The molecule has 1 fully saturated rings. The van der Waals surface area contributed by atoms with Crippen LogP contribution in [0.2, 0.25) is 0 Å². The lowest BCUT2D eigenvalue weighted by Crippen LogP contribution is -2.45. The van der Waals surface area contributed by atoms with E-state index in [2.05, 4.69) is 11.8 Å². The van der Waals surface area contributed by atoms with Crippen molar-refractivity contribution in [3.05, 3.63) is 0 Å². The number of hydrogen-bond donors (Lipinski definition) is 1. The van der Waals surface area contributed by atoms with Gasteiger partial charge in [-0.2, -0.15) is 0 Å². The Morgan fingerprint density at radius 1 is 1.16 bits per heavy atom. The van der Waals surface area contributed by atoms with Crippen molar-refractivity contribution < 1.29 is 4.74 Å². The van der Waals surface area contributed by atoms with Crippen molar-refractivity contribution in [3.8, 4) is 0 Å². The highest BCUT2D eigenvalue weighted by molar-refractivity contribution is 4.79. The minimum atomic E-state index is 0.616. The Balaban J connectivity index is 2.16. The van der Waals surface area contributed by atoms with Crippen molar-refractivity contribution in [1.82, 2.24) is 4.90 Å². The van der Waals surface area contributed by atoms with Gasteiger partial charge in [-0.1, -0.05) is 39.0 Å². The molecule has 1 aliphatic heterocycles. The largest absolute Gasteiger partial charge is 0.384 e. The number of likely N-dealkylation sites (tertiary alicyclic amines) is 1. The van der Waals surface area contributed by atoms with Crippen molar-refractivity contribution in [2.45, 2.75) is 64.3 Å². The number of methoxy groups -OCH3 is 1. The van der Waals surface area contributed by atoms with Crippen LogP contribution in [0.25, 0.3) is 0 Å². The first-order valence-electron chi connectivity index (χ1n) is 8.24. The van der Waals surface area contributed by atoms with Crippen LogP contribution in [0.4, 0.5) is 0 Å². The molecule has 0 aromatic carbocycles. The van der Waals surface area contributed by atoms with Crippen LogP contribution in [0.1, 0.15) is 58.3 Å². The minimum absolute atomic E-state index is 0.616. The molecule has 114 valence electrons. The standard InChI is InChI=1S/C16H34N2O/c1-3-4-5-6-7-8-16(13-17)18-11-9-15(10-12-18)14-19-2/h15-16H,3-14,17H2,1-2H3. The summed E-state index contributed by atoms with van der Waals surface area (Å²) < 4.78 is 5.26. The smallest absolute Gasteiger partial charge is 0.0491 e. The highest BCUT2D eigenvalue weighted by Gasteiger charge is 2.23. The molecule has 0 saturated carbocycles. The molecule has 0 aromatic heterocycles. The van der Waals surface area contributed by atoms with E-state index >= 15 is 0 Å². The molecule has 1 saturated heterocycles. The minimum Gasteiger partial charge on any atom is -0.384 e. The maximum Gasteiger partial charge on any atom is 0.0491 e. The molecule has 3 heteroatoms. The van der Waals surface area contributed by atoms with Crippen molar-refractivity contribution in [2.75, 3.05) is 33.4 Å². The van der Waals surface area contributed by atoms with Gasteiger partial charge in [-0.3, -0.25) is 4.90 Å². The van der Waals surface area contributed by atoms with E-state index in [4.69, 9.17) is 10.5 Å². The molecule has 0 radical (unpaired) electrons. The third kappa shape index (κ3) is 6.73. The summed E-state index contributed by atoms with van der Waals surface area (Å²) in [6.07, 6.45) is 10.7. The normalized spacial score (nSPS) is 19.7.